The Bertz CT molecular complexity index is 566. The minimum Gasteiger partial charge on any atom is -0.471 e. The predicted molar refractivity (Wildman–Crippen MR) is 91.3 cm³/mol. The molecule has 0 saturated heterocycles. The van der Waals surface area contributed by atoms with Gasteiger partial charge in [0.05, 0.1) is 24.3 Å². The van der Waals surface area contributed by atoms with Crippen LogP contribution in [0.4, 0.5) is 5.69 Å². The summed E-state index contributed by atoms with van der Waals surface area (Å²) < 4.78 is 11.2. The molecule has 6 heteroatoms. The summed E-state index contributed by atoms with van der Waals surface area (Å²) in [4.78, 5) is 10.7. The van der Waals surface area contributed by atoms with Crippen LogP contribution < -0.4 is 4.74 Å². The summed E-state index contributed by atoms with van der Waals surface area (Å²) in [5.41, 5.74) is 1.77. The van der Waals surface area contributed by atoms with Crippen LogP contribution in [-0.2, 0) is 4.74 Å². The second-order valence-corrected chi connectivity index (χ2v) is 5.38. The molecule has 1 rings (SSSR count). The maximum absolute atomic E-state index is 9.32. The molecule has 0 bridgehead atoms. The van der Waals surface area contributed by atoms with Crippen molar-refractivity contribution in [1.29, 1.82) is 5.26 Å². The second kappa shape index (κ2) is 9.80. The molecule has 1 heterocycles. The third kappa shape index (κ3) is 6.25. The van der Waals surface area contributed by atoms with E-state index >= 15 is 0 Å². The first-order valence-electron chi connectivity index (χ1n) is 7.92. The lowest BCUT2D eigenvalue weighted by molar-refractivity contribution is 0.0566. The van der Waals surface area contributed by atoms with E-state index in [1.54, 1.807) is 12.4 Å². The van der Waals surface area contributed by atoms with Gasteiger partial charge in [-0.05, 0) is 33.3 Å². The first-order valence-corrected chi connectivity index (χ1v) is 7.92. The number of aliphatic imine (C=N–C) groups is 1. The lowest BCUT2D eigenvalue weighted by atomic mass is 10.2. The van der Waals surface area contributed by atoms with Crippen molar-refractivity contribution >= 4 is 12.0 Å². The molecule has 1 aromatic heterocycles. The molecule has 1 unspecified atom stereocenters. The molecule has 0 aliphatic carbocycles. The number of aryl methyl sites for hydroxylation is 1. The molecule has 1 aromatic rings. The standard InChI is InChI=1S/C17H26N4O2/c1-6-8-22-11-13(3)23-17-15(10-18)9-16(14(4)20-17)19-12-21(5)7-2/h9,12-13H,6-8,11H2,1-5H3/b19-12-. The van der Waals surface area contributed by atoms with E-state index in [0.717, 1.165) is 18.7 Å². The van der Waals surface area contributed by atoms with Crippen molar-refractivity contribution in [2.75, 3.05) is 26.8 Å². The van der Waals surface area contributed by atoms with Crippen LogP contribution in [0.25, 0.3) is 0 Å². The molecule has 23 heavy (non-hydrogen) atoms. The molecule has 0 aliphatic rings. The summed E-state index contributed by atoms with van der Waals surface area (Å²) in [6.45, 7) is 9.87. The van der Waals surface area contributed by atoms with Crippen molar-refractivity contribution in [2.45, 2.75) is 40.2 Å². The number of rotatable bonds is 9. The van der Waals surface area contributed by atoms with Gasteiger partial charge >= 0.3 is 0 Å². The smallest absolute Gasteiger partial charge is 0.232 e. The minimum absolute atomic E-state index is 0.166. The number of hydrogen-bond donors (Lipinski definition) is 0. The summed E-state index contributed by atoms with van der Waals surface area (Å²) in [6.07, 6.45) is 2.53. The monoisotopic (exact) mass is 318 g/mol. The van der Waals surface area contributed by atoms with Gasteiger partial charge in [-0.1, -0.05) is 6.92 Å². The van der Waals surface area contributed by atoms with Gasteiger partial charge in [0.2, 0.25) is 5.88 Å². The zero-order chi connectivity index (χ0) is 17.2. The first kappa shape index (κ1) is 18.9. The number of aromatic nitrogens is 1. The Morgan fingerprint density at radius 3 is 2.83 bits per heavy atom. The van der Waals surface area contributed by atoms with Crippen molar-refractivity contribution in [1.82, 2.24) is 9.88 Å². The molecule has 1 atom stereocenters. The summed E-state index contributed by atoms with van der Waals surface area (Å²) in [6, 6.07) is 3.83. The molecule has 0 aliphatic heterocycles. The third-order valence-corrected chi connectivity index (χ3v) is 3.18. The highest BCUT2D eigenvalue weighted by Gasteiger charge is 2.13. The van der Waals surface area contributed by atoms with Crippen LogP contribution in [0.15, 0.2) is 11.1 Å². The molecular formula is C17H26N4O2. The maximum atomic E-state index is 9.32. The van der Waals surface area contributed by atoms with Crippen molar-refractivity contribution in [2.24, 2.45) is 4.99 Å². The lowest BCUT2D eigenvalue weighted by Crippen LogP contribution is -2.20. The fraction of sp³-hybridized carbons (Fsp3) is 0.588. The fourth-order valence-corrected chi connectivity index (χ4v) is 1.73. The van der Waals surface area contributed by atoms with E-state index in [2.05, 4.69) is 23.0 Å². The van der Waals surface area contributed by atoms with Crippen LogP contribution in [-0.4, -0.2) is 49.1 Å². The average molecular weight is 318 g/mol. The van der Waals surface area contributed by atoms with E-state index in [-0.39, 0.29) is 6.10 Å². The highest BCUT2D eigenvalue weighted by Crippen LogP contribution is 2.25. The maximum Gasteiger partial charge on any atom is 0.232 e. The van der Waals surface area contributed by atoms with Crippen LogP contribution in [0.5, 0.6) is 5.88 Å². The van der Waals surface area contributed by atoms with Gasteiger partial charge in [-0.2, -0.15) is 5.26 Å². The number of nitriles is 1. The van der Waals surface area contributed by atoms with Crippen molar-refractivity contribution in [3.63, 3.8) is 0 Å². The molecule has 0 N–H and O–H groups in total. The highest BCUT2D eigenvalue weighted by atomic mass is 16.5. The normalized spacial score (nSPS) is 12.2. The lowest BCUT2D eigenvalue weighted by Gasteiger charge is -2.16. The van der Waals surface area contributed by atoms with E-state index in [0.29, 0.717) is 30.3 Å². The van der Waals surface area contributed by atoms with Crippen LogP contribution in [0, 0.1) is 18.3 Å². The van der Waals surface area contributed by atoms with Gasteiger partial charge in [0.25, 0.3) is 0 Å². The van der Waals surface area contributed by atoms with E-state index in [1.807, 2.05) is 32.7 Å². The summed E-state index contributed by atoms with van der Waals surface area (Å²) in [7, 11) is 1.94. The van der Waals surface area contributed by atoms with E-state index < -0.39 is 0 Å². The second-order valence-electron chi connectivity index (χ2n) is 5.38. The van der Waals surface area contributed by atoms with Crippen molar-refractivity contribution in [3.8, 4) is 11.9 Å². The van der Waals surface area contributed by atoms with Gasteiger partial charge in [0.15, 0.2) is 0 Å². The van der Waals surface area contributed by atoms with E-state index in [1.165, 1.54) is 0 Å². The minimum atomic E-state index is -0.166. The third-order valence-electron chi connectivity index (χ3n) is 3.18. The van der Waals surface area contributed by atoms with Crippen LogP contribution in [0.1, 0.15) is 38.4 Å². The van der Waals surface area contributed by atoms with Crippen LogP contribution in [0.3, 0.4) is 0 Å². The Hall–Kier alpha value is -2.13. The number of ether oxygens (including phenoxy) is 2. The quantitative estimate of drug-likeness (QED) is 0.397. The van der Waals surface area contributed by atoms with E-state index in [9.17, 15) is 5.26 Å². The Balaban J connectivity index is 2.88. The predicted octanol–water partition coefficient (Wildman–Crippen LogP) is 3.07. The van der Waals surface area contributed by atoms with Gasteiger partial charge in [-0.25, -0.2) is 9.98 Å². The first-order chi connectivity index (χ1) is 11.0. The van der Waals surface area contributed by atoms with Crippen molar-refractivity contribution < 1.29 is 9.47 Å². The Morgan fingerprint density at radius 1 is 1.48 bits per heavy atom. The highest BCUT2D eigenvalue weighted by molar-refractivity contribution is 5.63. The molecule has 0 aromatic carbocycles. The summed E-state index contributed by atoms with van der Waals surface area (Å²) >= 11 is 0. The molecule has 0 fully saturated rings. The number of pyridine rings is 1. The largest absolute Gasteiger partial charge is 0.471 e. The molecular weight excluding hydrogens is 292 g/mol. The zero-order valence-corrected chi connectivity index (χ0v) is 14.7. The zero-order valence-electron chi connectivity index (χ0n) is 14.7. The SMILES string of the molecule is CCCOCC(C)Oc1nc(C)c(/N=C\N(C)CC)cc1C#N. The van der Waals surface area contributed by atoms with Crippen LogP contribution >= 0.6 is 0 Å². The number of hydrogen-bond acceptors (Lipinski definition) is 5. The summed E-state index contributed by atoms with van der Waals surface area (Å²) in [5.74, 6) is 0.334. The fourth-order valence-electron chi connectivity index (χ4n) is 1.73. The van der Waals surface area contributed by atoms with Gasteiger partial charge < -0.3 is 14.4 Å². The molecule has 0 amide bonds. The molecule has 126 valence electrons. The molecule has 6 nitrogen and oxygen atoms in total. The van der Waals surface area contributed by atoms with Gasteiger partial charge in [-0.3, -0.25) is 0 Å². The van der Waals surface area contributed by atoms with E-state index in [4.69, 9.17) is 9.47 Å². The summed E-state index contributed by atoms with van der Waals surface area (Å²) in [5, 5.41) is 9.32. The molecule has 0 saturated carbocycles. The van der Waals surface area contributed by atoms with Gasteiger partial charge in [0.1, 0.15) is 17.7 Å². The molecule has 0 radical (unpaired) electrons. The van der Waals surface area contributed by atoms with Gasteiger partial charge in [-0.15, -0.1) is 0 Å². The van der Waals surface area contributed by atoms with Crippen LogP contribution in [0.2, 0.25) is 0 Å². The average Bonchev–Trinajstić information content (AvgIpc) is 2.54. The Kier molecular flexibility index (Phi) is 8.06. The topological polar surface area (TPSA) is 70.7 Å². The van der Waals surface area contributed by atoms with Gasteiger partial charge in [0, 0.05) is 20.2 Å². The Morgan fingerprint density at radius 2 is 2.22 bits per heavy atom. The number of nitrogens with zero attached hydrogens (tertiary/aromatic N) is 4. The molecule has 0 spiro atoms. The van der Waals surface area contributed by atoms with Crippen molar-refractivity contribution in [3.05, 3.63) is 17.3 Å². The Labute approximate surface area is 138 Å².